The van der Waals surface area contributed by atoms with Gasteiger partial charge in [0, 0.05) is 16.5 Å². The van der Waals surface area contributed by atoms with Crippen LogP contribution in [0.3, 0.4) is 0 Å². The van der Waals surface area contributed by atoms with Crippen LogP contribution in [0.1, 0.15) is 42.8 Å². The monoisotopic (exact) mass is 305 g/mol. The van der Waals surface area contributed by atoms with Crippen molar-refractivity contribution >= 4 is 27.1 Å². The van der Waals surface area contributed by atoms with Crippen LogP contribution in [0.2, 0.25) is 0 Å². The third kappa shape index (κ3) is 5.28. The van der Waals surface area contributed by atoms with Gasteiger partial charge >= 0.3 is 5.97 Å². The van der Waals surface area contributed by atoms with Gasteiger partial charge in [-0.15, -0.1) is 11.3 Å². The standard InChI is InChI=1S/C12H19NO4S2/c1-12(2,3)11-8(5-6-10(14)15)18-9(13-11)7-19(4,16)17/h5-7H2,1-4H3,(H,14,15). The molecule has 0 radical (unpaired) electrons. The normalized spacial score (nSPS) is 12.6. The molecule has 0 bridgehead atoms. The molecule has 0 aromatic carbocycles. The summed E-state index contributed by atoms with van der Waals surface area (Å²) in [6.07, 6.45) is 1.59. The molecule has 1 aromatic heterocycles. The predicted octanol–water partition coefficient (Wildman–Crippen LogP) is 2.00. The Balaban J connectivity index is 3.09. The molecule has 1 rings (SSSR count). The molecule has 0 saturated carbocycles. The first-order valence-corrected chi connectivity index (χ1v) is 8.75. The molecule has 0 unspecified atom stereocenters. The molecule has 0 spiro atoms. The van der Waals surface area contributed by atoms with E-state index in [2.05, 4.69) is 4.98 Å². The van der Waals surface area contributed by atoms with Crippen LogP contribution in [-0.2, 0) is 32.2 Å². The Morgan fingerprint density at radius 3 is 2.37 bits per heavy atom. The van der Waals surface area contributed by atoms with Crippen molar-refractivity contribution in [1.82, 2.24) is 4.98 Å². The number of carbonyl (C=O) groups is 1. The van der Waals surface area contributed by atoms with Gasteiger partial charge in [0.05, 0.1) is 12.1 Å². The number of nitrogens with zero attached hydrogens (tertiary/aromatic N) is 1. The Kier molecular flexibility index (Phi) is 4.73. The fraction of sp³-hybridized carbons (Fsp3) is 0.667. The van der Waals surface area contributed by atoms with Crippen LogP contribution in [0.5, 0.6) is 0 Å². The number of sulfone groups is 1. The Labute approximate surface area is 117 Å². The van der Waals surface area contributed by atoms with Crippen molar-refractivity contribution in [2.45, 2.75) is 44.8 Å². The summed E-state index contributed by atoms with van der Waals surface area (Å²) in [6, 6.07) is 0. The first kappa shape index (κ1) is 16.1. The Hall–Kier alpha value is -0.950. The highest BCUT2D eigenvalue weighted by Crippen LogP contribution is 2.31. The topological polar surface area (TPSA) is 84.3 Å². The highest BCUT2D eigenvalue weighted by Gasteiger charge is 2.24. The zero-order valence-corrected chi connectivity index (χ0v) is 13.2. The van der Waals surface area contributed by atoms with Gasteiger partial charge in [-0.3, -0.25) is 4.79 Å². The van der Waals surface area contributed by atoms with Crippen molar-refractivity contribution in [3.8, 4) is 0 Å². The lowest BCUT2D eigenvalue weighted by Gasteiger charge is -2.17. The number of aryl methyl sites for hydroxylation is 1. The molecule has 5 nitrogen and oxygen atoms in total. The van der Waals surface area contributed by atoms with Gasteiger partial charge in [-0.2, -0.15) is 0 Å². The molecule has 7 heteroatoms. The number of carboxylic acids is 1. The van der Waals surface area contributed by atoms with Gasteiger partial charge in [0.2, 0.25) is 0 Å². The molecule has 108 valence electrons. The summed E-state index contributed by atoms with van der Waals surface area (Å²) < 4.78 is 22.6. The van der Waals surface area contributed by atoms with Gasteiger partial charge in [0.25, 0.3) is 0 Å². The second-order valence-corrected chi connectivity index (χ2v) is 8.90. The van der Waals surface area contributed by atoms with E-state index in [9.17, 15) is 13.2 Å². The van der Waals surface area contributed by atoms with Crippen molar-refractivity contribution < 1.29 is 18.3 Å². The summed E-state index contributed by atoms with van der Waals surface area (Å²) >= 11 is 1.30. The van der Waals surface area contributed by atoms with E-state index < -0.39 is 15.8 Å². The van der Waals surface area contributed by atoms with Gasteiger partial charge in [-0.05, 0) is 6.42 Å². The van der Waals surface area contributed by atoms with Gasteiger partial charge in [0.15, 0.2) is 9.84 Å². The van der Waals surface area contributed by atoms with Crippen LogP contribution in [-0.4, -0.2) is 30.7 Å². The molecule has 0 aliphatic carbocycles. The third-order valence-corrected chi connectivity index (χ3v) is 4.50. The summed E-state index contributed by atoms with van der Waals surface area (Å²) in [7, 11) is -3.13. The summed E-state index contributed by atoms with van der Waals surface area (Å²) in [4.78, 5) is 15.9. The summed E-state index contributed by atoms with van der Waals surface area (Å²) in [5, 5.41) is 9.29. The Morgan fingerprint density at radius 2 is 1.95 bits per heavy atom. The molecule has 1 heterocycles. The maximum Gasteiger partial charge on any atom is 0.303 e. The van der Waals surface area contributed by atoms with Gasteiger partial charge in [0.1, 0.15) is 10.8 Å². The van der Waals surface area contributed by atoms with Gasteiger partial charge < -0.3 is 5.11 Å². The molecule has 19 heavy (non-hydrogen) atoms. The molecule has 0 fully saturated rings. The van der Waals surface area contributed by atoms with Crippen LogP contribution in [0, 0.1) is 0 Å². The van der Waals surface area contributed by atoms with E-state index >= 15 is 0 Å². The largest absolute Gasteiger partial charge is 0.481 e. The van der Waals surface area contributed by atoms with E-state index in [0.717, 1.165) is 10.6 Å². The van der Waals surface area contributed by atoms with E-state index in [1.807, 2.05) is 20.8 Å². The molecular weight excluding hydrogens is 286 g/mol. The van der Waals surface area contributed by atoms with Crippen molar-refractivity contribution in [3.05, 3.63) is 15.6 Å². The van der Waals surface area contributed by atoms with E-state index in [1.165, 1.54) is 17.6 Å². The van der Waals surface area contributed by atoms with Crippen LogP contribution >= 0.6 is 11.3 Å². The molecule has 0 aliphatic heterocycles. The van der Waals surface area contributed by atoms with Crippen LogP contribution in [0.15, 0.2) is 0 Å². The third-order valence-electron chi connectivity index (χ3n) is 2.40. The van der Waals surface area contributed by atoms with E-state index in [-0.39, 0.29) is 17.6 Å². The average Bonchev–Trinajstić information content (AvgIpc) is 2.54. The van der Waals surface area contributed by atoms with Crippen molar-refractivity contribution in [1.29, 1.82) is 0 Å². The van der Waals surface area contributed by atoms with E-state index in [1.54, 1.807) is 0 Å². The Bertz CT molecular complexity index is 567. The number of hydrogen-bond acceptors (Lipinski definition) is 5. The fourth-order valence-electron chi connectivity index (χ4n) is 1.66. The molecule has 1 N–H and O–H groups in total. The number of aromatic nitrogens is 1. The maximum absolute atomic E-state index is 11.3. The number of rotatable bonds is 5. The summed E-state index contributed by atoms with van der Waals surface area (Å²) in [5.41, 5.74) is 0.581. The van der Waals surface area contributed by atoms with Crippen molar-refractivity contribution in [2.75, 3.05) is 6.26 Å². The van der Waals surface area contributed by atoms with E-state index in [0.29, 0.717) is 11.4 Å². The second kappa shape index (κ2) is 5.58. The number of aliphatic carboxylic acids is 1. The first-order valence-electron chi connectivity index (χ1n) is 5.87. The maximum atomic E-state index is 11.3. The molecule has 0 saturated heterocycles. The van der Waals surface area contributed by atoms with Crippen LogP contribution in [0.25, 0.3) is 0 Å². The minimum absolute atomic E-state index is 0.0313. The SMILES string of the molecule is CC(C)(C)c1nc(CS(C)(=O)=O)sc1CCC(=O)O. The lowest BCUT2D eigenvalue weighted by atomic mass is 9.90. The highest BCUT2D eigenvalue weighted by atomic mass is 32.2. The van der Waals surface area contributed by atoms with Gasteiger partial charge in [-0.25, -0.2) is 13.4 Å². The molecule has 0 atom stereocenters. The lowest BCUT2D eigenvalue weighted by molar-refractivity contribution is -0.136. The smallest absolute Gasteiger partial charge is 0.303 e. The van der Waals surface area contributed by atoms with Crippen LogP contribution in [0.4, 0.5) is 0 Å². The van der Waals surface area contributed by atoms with Crippen LogP contribution < -0.4 is 0 Å². The second-order valence-electron chi connectivity index (χ2n) is 5.59. The predicted molar refractivity (Wildman–Crippen MR) is 75.3 cm³/mol. The van der Waals surface area contributed by atoms with Crippen molar-refractivity contribution in [3.63, 3.8) is 0 Å². The Morgan fingerprint density at radius 1 is 1.37 bits per heavy atom. The minimum atomic E-state index is -3.13. The fourth-order valence-corrected chi connectivity index (χ4v) is 4.13. The molecule has 0 aliphatic rings. The lowest BCUT2D eigenvalue weighted by Crippen LogP contribution is -2.15. The zero-order valence-electron chi connectivity index (χ0n) is 11.6. The van der Waals surface area contributed by atoms with Gasteiger partial charge in [-0.1, -0.05) is 20.8 Å². The quantitative estimate of drug-likeness (QED) is 0.899. The first-order chi connectivity index (χ1) is 8.49. The summed E-state index contributed by atoms with van der Waals surface area (Å²) in [6.45, 7) is 5.95. The zero-order chi connectivity index (χ0) is 14.8. The minimum Gasteiger partial charge on any atom is -0.481 e. The summed E-state index contributed by atoms with van der Waals surface area (Å²) in [5.74, 6) is -0.953. The van der Waals surface area contributed by atoms with Crippen molar-refractivity contribution in [2.24, 2.45) is 0 Å². The number of thiazole rings is 1. The van der Waals surface area contributed by atoms with E-state index in [4.69, 9.17) is 5.11 Å². The molecule has 0 amide bonds. The highest BCUT2D eigenvalue weighted by molar-refractivity contribution is 7.90. The molecular formula is C12H19NO4S2. The number of carboxylic acid groups (broad SMARTS) is 1. The molecule has 1 aromatic rings. The average molecular weight is 305 g/mol. The number of hydrogen-bond donors (Lipinski definition) is 1.